The van der Waals surface area contributed by atoms with Crippen molar-refractivity contribution in [3.05, 3.63) is 107 Å². The van der Waals surface area contributed by atoms with Crippen LogP contribution in [0.1, 0.15) is 84.6 Å². The van der Waals surface area contributed by atoms with Crippen LogP contribution < -0.4 is 0 Å². The summed E-state index contributed by atoms with van der Waals surface area (Å²) < 4.78 is 0. The molecule has 1 aromatic carbocycles. The number of rotatable bonds is 9. The lowest BCUT2D eigenvalue weighted by molar-refractivity contribution is -0.137. The lowest BCUT2D eigenvalue weighted by Crippen LogP contribution is -2.00. The second-order valence-electron chi connectivity index (χ2n) is 12.3. The smallest absolute Gasteiger partial charge is 0.303 e. The molecule has 0 fully saturated rings. The molecule has 242 valence electrons. The molecular formula is C40H38N4O4. The van der Waals surface area contributed by atoms with Gasteiger partial charge in [0.15, 0.2) is 0 Å². The molecule has 48 heavy (non-hydrogen) atoms. The fourth-order valence-corrected chi connectivity index (χ4v) is 6.74. The first kappa shape index (κ1) is 32.2. The van der Waals surface area contributed by atoms with Crippen molar-refractivity contribution in [1.82, 2.24) is 19.9 Å². The number of hydrogen-bond donors (Lipinski definition) is 4. The Bertz CT molecular complexity index is 2270. The molecule has 2 aliphatic rings. The monoisotopic (exact) mass is 638 g/mol. The van der Waals surface area contributed by atoms with E-state index in [9.17, 15) is 19.8 Å². The number of allylic oxidation sites excluding steroid dienone is 4. The Morgan fingerprint density at radius 3 is 1.58 bits per heavy atom. The van der Waals surface area contributed by atoms with E-state index < -0.39 is 11.9 Å². The number of fused-ring (bicyclic) bond motifs is 8. The highest BCUT2D eigenvalue weighted by atomic mass is 16.4. The lowest BCUT2D eigenvalue weighted by Gasteiger charge is -2.13. The number of carbonyl (C=O) groups is 2. The van der Waals surface area contributed by atoms with Crippen LogP contribution in [-0.2, 0) is 9.59 Å². The Labute approximate surface area is 279 Å². The first-order valence-corrected chi connectivity index (χ1v) is 16.0. The summed E-state index contributed by atoms with van der Waals surface area (Å²) in [5, 5.41) is 19.5. The number of aromatic amines is 2. The van der Waals surface area contributed by atoms with Crippen LogP contribution in [0.3, 0.4) is 0 Å². The van der Waals surface area contributed by atoms with Crippen molar-refractivity contribution in [2.24, 2.45) is 0 Å². The van der Waals surface area contributed by atoms with Gasteiger partial charge < -0.3 is 20.2 Å². The molecule has 0 spiro atoms. The average Bonchev–Trinajstić information content (AvgIpc) is 3.73. The summed E-state index contributed by atoms with van der Waals surface area (Å²) in [6, 6.07) is 15.9. The number of aromatic nitrogens is 4. The van der Waals surface area contributed by atoms with Crippen LogP contribution in [-0.4, -0.2) is 42.1 Å². The summed E-state index contributed by atoms with van der Waals surface area (Å²) in [6.45, 7) is 16.2. The van der Waals surface area contributed by atoms with Gasteiger partial charge in [-0.3, -0.25) is 9.59 Å². The number of hydrogen-bond acceptors (Lipinski definition) is 4. The van der Waals surface area contributed by atoms with Gasteiger partial charge in [0.25, 0.3) is 0 Å². The van der Waals surface area contributed by atoms with Gasteiger partial charge in [-0.05, 0) is 97.7 Å². The molecule has 8 heteroatoms. The Kier molecular flexibility index (Phi) is 8.58. The number of carboxylic acids is 2. The van der Waals surface area contributed by atoms with Gasteiger partial charge in [-0.1, -0.05) is 55.6 Å². The molecule has 0 amide bonds. The van der Waals surface area contributed by atoms with Gasteiger partial charge in [-0.2, -0.15) is 0 Å². The van der Waals surface area contributed by atoms with Crippen LogP contribution in [0.4, 0.5) is 0 Å². The van der Waals surface area contributed by atoms with E-state index in [0.717, 1.165) is 77.7 Å². The van der Waals surface area contributed by atoms with Crippen LogP contribution in [0.25, 0.3) is 67.6 Å². The fraction of sp³-hybridized carbons (Fsp3) is 0.200. The van der Waals surface area contributed by atoms with Crippen molar-refractivity contribution >= 4 is 68.4 Å². The molecule has 4 N–H and O–H groups in total. The van der Waals surface area contributed by atoms with E-state index in [-0.39, 0.29) is 25.7 Å². The highest BCUT2D eigenvalue weighted by Crippen LogP contribution is 2.44. The van der Waals surface area contributed by atoms with Crippen molar-refractivity contribution in [1.29, 1.82) is 0 Å². The maximum atomic E-state index is 11.9. The minimum Gasteiger partial charge on any atom is -0.481 e. The zero-order chi connectivity index (χ0) is 34.3. The maximum Gasteiger partial charge on any atom is 0.303 e. The SMILES string of the molecule is C=Cc1c(C)c2cc3[nH]c(cc4nc(c(-c5ccccc5)c5nc(cc1[nH]2)C(C)=C5CCC(=O)O)C(CCC(=O)O)=C4C)c(C)c3C=C. The molecule has 2 aliphatic heterocycles. The topological polar surface area (TPSA) is 132 Å². The van der Waals surface area contributed by atoms with Gasteiger partial charge in [0, 0.05) is 51.6 Å². The normalized spacial score (nSPS) is 12.8. The molecule has 8 nitrogen and oxygen atoms in total. The number of nitrogens with one attached hydrogen (secondary N) is 2. The van der Waals surface area contributed by atoms with E-state index in [1.54, 1.807) is 0 Å². The van der Waals surface area contributed by atoms with Crippen LogP contribution in [0.2, 0.25) is 0 Å². The zero-order valence-corrected chi connectivity index (χ0v) is 27.6. The molecule has 0 unspecified atom stereocenters. The Morgan fingerprint density at radius 1 is 0.688 bits per heavy atom. The van der Waals surface area contributed by atoms with Crippen molar-refractivity contribution in [3.63, 3.8) is 0 Å². The van der Waals surface area contributed by atoms with Gasteiger partial charge in [-0.25, -0.2) is 9.97 Å². The molecular weight excluding hydrogens is 600 g/mol. The van der Waals surface area contributed by atoms with E-state index in [4.69, 9.17) is 9.97 Å². The summed E-state index contributed by atoms with van der Waals surface area (Å²) in [5.74, 6) is -1.80. The number of aliphatic carboxylic acids is 2. The summed E-state index contributed by atoms with van der Waals surface area (Å²) in [5.41, 5.74) is 15.1. The minimum absolute atomic E-state index is 0.0702. The lowest BCUT2D eigenvalue weighted by atomic mass is 9.90. The molecule has 6 rings (SSSR count). The average molecular weight is 639 g/mol. The molecule has 0 atom stereocenters. The quantitative estimate of drug-likeness (QED) is 0.144. The molecule has 0 aliphatic carbocycles. The highest BCUT2D eigenvalue weighted by Gasteiger charge is 2.28. The van der Waals surface area contributed by atoms with Crippen LogP contribution in [0, 0.1) is 13.8 Å². The number of aryl methyl sites for hydroxylation is 2. The molecule has 5 heterocycles. The van der Waals surface area contributed by atoms with Gasteiger partial charge in [0.05, 0.1) is 22.8 Å². The van der Waals surface area contributed by atoms with Crippen molar-refractivity contribution in [2.75, 3.05) is 0 Å². The number of carboxylic acid groups (broad SMARTS) is 2. The summed E-state index contributed by atoms with van der Waals surface area (Å²) in [4.78, 5) is 41.4. The van der Waals surface area contributed by atoms with Gasteiger partial charge in [0.2, 0.25) is 0 Å². The Balaban J connectivity index is 1.87. The third kappa shape index (κ3) is 5.70. The molecule has 8 bridgehead atoms. The van der Waals surface area contributed by atoms with E-state index in [0.29, 0.717) is 22.8 Å². The third-order valence-electron chi connectivity index (χ3n) is 9.42. The summed E-state index contributed by atoms with van der Waals surface area (Å²) >= 11 is 0. The van der Waals surface area contributed by atoms with E-state index in [1.807, 2.05) is 75.4 Å². The second-order valence-corrected chi connectivity index (χ2v) is 12.3. The molecule has 0 saturated heterocycles. The third-order valence-corrected chi connectivity index (χ3v) is 9.42. The largest absolute Gasteiger partial charge is 0.481 e. The Morgan fingerprint density at radius 2 is 1.12 bits per heavy atom. The first-order valence-electron chi connectivity index (χ1n) is 16.0. The minimum atomic E-state index is -0.901. The van der Waals surface area contributed by atoms with Crippen molar-refractivity contribution in [3.8, 4) is 11.1 Å². The summed E-state index contributed by atoms with van der Waals surface area (Å²) in [6.07, 6.45) is 4.07. The van der Waals surface area contributed by atoms with Crippen LogP contribution >= 0.6 is 0 Å². The van der Waals surface area contributed by atoms with E-state index in [1.165, 1.54) is 0 Å². The van der Waals surface area contributed by atoms with E-state index in [2.05, 4.69) is 36.1 Å². The van der Waals surface area contributed by atoms with Crippen molar-refractivity contribution in [2.45, 2.75) is 53.4 Å². The molecule has 3 aromatic heterocycles. The molecule has 4 aromatic rings. The number of benzene rings is 1. The van der Waals surface area contributed by atoms with Crippen LogP contribution in [0.15, 0.2) is 61.7 Å². The predicted octanol–water partition coefficient (Wildman–Crippen LogP) is 9.48. The number of H-pyrrole nitrogens is 2. The zero-order valence-electron chi connectivity index (χ0n) is 27.6. The van der Waals surface area contributed by atoms with Crippen LogP contribution in [0.5, 0.6) is 0 Å². The first-order chi connectivity index (χ1) is 23.0. The van der Waals surface area contributed by atoms with Gasteiger partial charge in [-0.15, -0.1) is 0 Å². The number of nitrogens with zero attached hydrogens (tertiary/aromatic N) is 2. The fourth-order valence-electron chi connectivity index (χ4n) is 6.74. The van der Waals surface area contributed by atoms with Gasteiger partial charge >= 0.3 is 11.9 Å². The second kappa shape index (κ2) is 12.8. The predicted molar refractivity (Wildman–Crippen MR) is 195 cm³/mol. The van der Waals surface area contributed by atoms with Gasteiger partial charge in [0.1, 0.15) is 0 Å². The van der Waals surface area contributed by atoms with E-state index >= 15 is 0 Å². The molecule has 0 radical (unpaired) electrons. The summed E-state index contributed by atoms with van der Waals surface area (Å²) in [7, 11) is 0. The van der Waals surface area contributed by atoms with Crippen molar-refractivity contribution < 1.29 is 19.8 Å². The maximum absolute atomic E-state index is 11.9. The highest BCUT2D eigenvalue weighted by molar-refractivity contribution is 6.03. The Hall–Kier alpha value is -5.76. The molecule has 0 saturated carbocycles. The standard InChI is InChI=1S/C40H38N4O4/c1-7-26-21(3)30-18-32-23(5)28(14-16-36(45)46)39(43-32)38(25-12-10-9-11-13-25)40-29(15-17-37(47)48)24(6)33(44-40)20-35-27(8-2)22(4)31(42-35)19-34(26)41-30/h7-13,18-20,41-42H,1-2,14-17H2,3-6H3,(H,45,46)(H,47,48).